The molecule has 3 aliphatic rings. The number of ether oxygens (including phenoxy) is 3. The number of rotatable bonds is 8. The maximum atomic E-state index is 13.5. The third kappa shape index (κ3) is 6.81. The van der Waals surface area contributed by atoms with Crippen LogP contribution in [-0.2, 0) is 4.74 Å². The third-order valence-corrected chi connectivity index (χ3v) is 7.81. The molecule has 5 rings (SSSR count). The highest BCUT2D eigenvalue weighted by atomic mass is 35.5. The van der Waals surface area contributed by atoms with Crippen molar-refractivity contribution in [1.29, 1.82) is 0 Å². The first-order valence-electron chi connectivity index (χ1n) is 13.3. The number of alkyl carbamates (subject to hydrolysis) is 1. The van der Waals surface area contributed by atoms with Gasteiger partial charge in [0.1, 0.15) is 17.5 Å². The van der Waals surface area contributed by atoms with Crippen LogP contribution in [0.25, 0.3) is 0 Å². The summed E-state index contributed by atoms with van der Waals surface area (Å²) in [5, 5.41) is 17.4. The SMILES string of the molecule is COC(=O)NCC(O)CCOc1ccc([C@H]2C3=C(CCN2C(=O)Oc2ccc(Cl)cc2)C2C=C(Cl)C=CC2N3)cc1. The van der Waals surface area contributed by atoms with E-state index in [1.54, 1.807) is 29.2 Å². The van der Waals surface area contributed by atoms with Crippen LogP contribution in [0.5, 0.6) is 11.5 Å². The molecule has 2 aromatic rings. The summed E-state index contributed by atoms with van der Waals surface area (Å²) in [4.78, 5) is 26.4. The van der Waals surface area contributed by atoms with Gasteiger partial charge in [-0.1, -0.05) is 47.5 Å². The number of allylic oxidation sites excluding steroid dienone is 2. The largest absolute Gasteiger partial charge is 0.493 e. The standard InChI is InChI=1S/C30H31Cl2N3O6/c1-39-29(37)33-17-21(36)13-15-40-22-7-2-18(3-8-22)28-27-24(25-16-20(32)6-11-26(25)34-27)12-14-35(28)30(38)41-23-9-4-19(31)5-10-23/h2-11,16,21,25-26,28,34,36H,12-15,17H2,1H3,(H,33,37)/t21?,25?,26?,28-/m0/s1. The van der Waals surface area contributed by atoms with E-state index in [9.17, 15) is 14.7 Å². The zero-order valence-corrected chi connectivity index (χ0v) is 23.9. The fraction of sp³-hybridized carbons (Fsp3) is 0.333. The molecule has 0 spiro atoms. The van der Waals surface area contributed by atoms with Crippen molar-refractivity contribution in [2.45, 2.75) is 31.0 Å². The van der Waals surface area contributed by atoms with Gasteiger partial charge in [0, 0.05) is 41.2 Å². The molecule has 216 valence electrons. The van der Waals surface area contributed by atoms with Crippen molar-refractivity contribution in [3.05, 3.63) is 93.6 Å². The normalized spacial score (nSPS) is 21.7. The number of amides is 2. The minimum atomic E-state index is -0.769. The van der Waals surface area contributed by atoms with E-state index in [0.29, 0.717) is 40.9 Å². The molecule has 0 saturated carbocycles. The highest BCUT2D eigenvalue weighted by molar-refractivity contribution is 6.31. The second kappa shape index (κ2) is 12.9. The molecule has 41 heavy (non-hydrogen) atoms. The van der Waals surface area contributed by atoms with Gasteiger partial charge in [-0.25, -0.2) is 9.59 Å². The van der Waals surface area contributed by atoms with Crippen LogP contribution in [0.4, 0.5) is 9.59 Å². The lowest BCUT2D eigenvalue weighted by atomic mass is 9.85. The van der Waals surface area contributed by atoms with Crippen molar-refractivity contribution in [3.8, 4) is 11.5 Å². The van der Waals surface area contributed by atoms with Gasteiger partial charge in [-0.2, -0.15) is 0 Å². The molecule has 0 saturated heterocycles. The van der Waals surface area contributed by atoms with Gasteiger partial charge < -0.3 is 30.0 Å². The summed E-state index contributed by atoms with van der Waals surface area (Å²) < 4.78 is 16.0. The number of aliphatic hydroxyl groups excluding tert-OH is 1. The van der Waals surface area contributed by atoms with Crippen molar-refractivity contribution in [2.24, 2.45) is 5.92 Å². The van der Waals surface area contributed by atoms with Gasteiger partial charge in [-0.3, -0.25) is 4.90 Å². The van der Waals surface area contributed by atoms with Crippen LogP contribution < -0.4 is 20.1 Å². The number of methoxy groups -OCH3 is 1. The Morgan fingerprint density at radius 1 is 1.12 bits per heavy atom. The zero-order valence-electron chi connectivity index (χ0n) is 22.4. The van der Waals surface area contributed by atoms with Gasteiger partial charge in [0.2, 0.25) is 0 Å². The van der Waals surface area contributed by atoms with Gasteiger partial charge in [0.05, 0.1) is 25.9 Å². The highest BCUT2D eigenvalue weighted by Gasteiger charge is 2.43. The summed E-state index contributed by atoms with van der Waals surface area (Å²) in [5.74, 6) is 1.16. The van der Waals surface area contributed by atoms with Crippen LogP contribution in [-0.4, -0.2) is 61.1 Å². The fourth-order valence-electron chi connectivity index (χ4n) is 5.27. The van der Waals surface area contributed by atoms with E-state index in [-0.39, 0.29) is 25.1 Å². The minimum absolute atomic E-state index is 0.0694. The molecular formula is C30H31Cl2N3O6. The topological polar surface area (TPSA) is 109 Å². The third-order valence-electron chi connectivity index (χ3n) is 7.30. The Labute approximate surface area is 248 Å². The molecule has 4 atom stereocenters. The first kappa shape index (κ1) is 28.9. The van der Waals surface area contributed by atoms with Crippen LogP contribution in [0.3, 0.4) is 0 Å². The van der Waals surface area contributed by atoms with Crippen LogP contribution in [0, 0.1) is 5.92 Å². The summed E-state index contributed by atoms with van der Waals surface area (Å²) >= 11 is 12.3. The highest BCUT2D eigenvalue weighted by Crippen LogP contribution is 2.45. The number of hydrogen-bond acceptors (Lipinski definition) is 7. The quantitative estimate of drug-likeness (QED) is 0.377. The van der Waals surface area contributed by atoms with Crippen molar-refractivity contribution in [1.82, 2.24) is 15.5 Å². The predicted molar refractivity (Wildman–Crippen MR) is 155 cm³/mol. The summed E-state index contributed by atoms with van der Waals surface area (Å²) in [6.45, 7) is 0.804. The van der Waals surface area contributed by atoms with Gasteiger partial charge in [0.25, 0.3) is 0 Å². The van der Waals surface area contributed by atoms with E-state index in [2.05, 4.69) is 27.5 Å². The molecule has 11 heteroatoms. The van der Waals surface area contributed by atoms with Gasteiger partial charge in [-0.05, 0) is 60.0 Å². The minimum Gasteiger partial charge on any atom is -0.493 e. The monoisotopic (exact) mass is 599 g/mol. The smallest absolute Gasteiger partial charge is 0.416 e. The number of carbonyl (C=O) groups is 2. The van der Waals surface area contributed by atoms with Crippen molar-refractivity contribution in [2.75, 3.05) is 26.8 Å². The molecule has 0 aromatic heterocycles. The molecule has 3 N–H and O–H groups in total. The molecule has 2 amide bonds. The van der Waals surface area contributed by atoms with E-state index < -0.39 is 24.3 Å². The first-order chi connectivity index (χ1) is 19.8. The number of hydrogen-bond donors (Lipinski definition) is 3. The maximum Gasteiger partial charge on any atom is 0.416 e. The lowest BCUT2D eigenvalue weighted by molar-refractivity contribution is 0.127. The molecular weight excluding hydrogens is 569 g/mol. The number of benzene rings is 2. The Morgan fingerprint density at radius 2 is 1.85 bits per heavy atom. The average molecular weight is 600 g/mol. The zero-order chi connectivity index (χ0) is 28.9. The van der Waals surface area contributed by atoms with Crippen LogP contribution in [0.1, 0.15) is 24.4 Å². The fourth-order valence-corrected chi connectivity index (χ4v) is 5.61. The first-order valence-corrected chi connectivity index (χ1v) is 14.1. The number of nitrogens with one attached hydrogen (secondary N) is 2. The second-order valence-corrected chi connectivity index (χ2v) is 10.8. The molecule has 0 radical (unpaired) electrons. The van der Waals surface area contributed by atoms with Crippen molar-refractivity contribution in [3.63, 3.8) is 0 Å². The van der Waals surface area contributed by atoms with Crippen LogP contribution >= 0.6 is 23.2 Å². The number of nitrogens with zero attached hydrogens (tertiary/aromatic N) is 1. The van der Waals surface area contributed by atoms with Crippen molar-refractivity contribution >= 4 is 35.4 Å². The molecule has 0 fully saturated rings. The number of aliphatic hydroxyl groups is 1. The van der Waals surface area contributed by atoms with Crippen LogP contribution in [0.2, 0.25) is 5.02 Å². The molecule has 0 bridgehead atoms. The molecule has 3 unspecified atom stereocenters. The van der Waals surface area contributed by atoms with E-state index in [4.69, 9.17) is 32.7 Å². The molecule has 9 nitrogen and oxygen atoms in total. The Kier molecular flexibility index (Phi) is 9.07. The summed E-state index contributed by atoms with van der Waals surface area (Å²) in [6, 6.07) is 13.9. The lowest BCUT2D eigenvalue weighted by Gasteiger charge is -2.37. The molecule has 2 aliphatic heterocycles. The Morgan fingerprint density at radius 3 is 2.59 bits per heavy atom. The summed E-state index contributed by atoms with van der Waals surface area (Å²) in [5.41, 5.74) is 3.10. The molecule has 2 heterocycles. The van der Waals surface area contributed by atoms with Gasteiger partial charge in [0.15, 0.2) is 0 Å². The van der Waals surface area contributed by atoms with E-state index in [1.807, 2.05) is 30.3 Å². The maximum absolute atomic E-state index is 13.5. The summed E-state index contributed by atoms with van der Waals surface area (Å²) in [6.07, 6.45) is 5.21. The van der Waals surface area contributed by atoms with Gasteiger partial charge >= 0.3 is 12.2 Å². The number of fused-ring (bicyclic) bond motifs is 2. The van der Waals surface area contributed by atoms with E-state index in [1.165, 1.54) is 12.7 Å². The Balaban J connectivity index is 1.32. The van der Waals surface area contributed by atoms with Crippen molar-refractivity contribution < 1.29 is 28.9 Å². The molecule has 1 aliphatic carbocycles. The van der Waals surface area contributed by atoms with Crippen LogP contribution in [0.15, 0.2) is 83.1 Å². The number of carbonyl (C=O) groups excluding carboxylic acids is 2. The lowest BCUT2D eigenvalue weighted by Crippen LogP contribution is -2.43. The van der Waals surface area contributed by atoms with Gasteiger partial charge in [-0.15, -0.1) is 0 Å². The summed E-state index contributed by atoms with van der Waals surface area (Å²) in [7, 11) is 1.26. The number of halogens is 2. The Bertz CT molecular complexity index is 1360. The molecule has 2 aromatic carbocycles. The second-order valence-electron chi connectivity index (χ2n) is 9.95. The van der Waals surface area contributed by atoms with E-state index in [0.717, 1.165) is 11.3 Å². The Hall–Kier alpha value is -3.66. The average Bonchev–Trinajstić information content (AvgIpc) is 3.34. The van der Waals surface area contributed by atoms with E-state index >= 15 is 0 Å². The predicted octanol–water partition coefficient (Wildman–Crippen LogP) is 5.31.